The van der Waals surface area contributed by atoms with Crippen LogP contribution in [0.25, 0.3) is 11.0 Å². The summed E-state index contributed by atoms with van der Waals surface area (Å²) in [5, 5.41) is 4.01. The van der Waals surface area contributed by atoms with E-state index < -0.39 is 0 Å². The molecular formula is C28H27N3O3. The van der Waals surface area contributed by atoms with Gasteiger partial charge in [0.2, 0.25) is 5.91 Å². The number of piperazine rings is 1. The number of para-hydroxylation sites is 1. The lowest BCUT2D eigenvalue weighted by molar-refractivity contribution is -0.130. The second-order valence-corrected chi connectivity index (χ2v) is 8.51. The van der Waals surface area contributed by atoms with Crippen LogP contribution in [-0.2, 0) is 4.79 Å². The average Bonchev–Trinajstić information content (AvgIpc) is 3.23. The van der Waals surface area contributed by atoms with Gasteiger partial charge in [-0.05, 0) is 29.8 Å². The first-order chi connectivity index (χ1) is 16.6. The molecule has 1 saturated heterocycles. The van der Waals surface area contributed by atoms with Gasteiger partial charge in [-0.25, -0.2) is 0 Å². The Morgan fingerprint density at radius 2 is 1.44 bits per heavy atom. The second-order valence-electron chi connectivity index (χ2n) is 8.51. The van der Waals surface area contributed by atoms with Crippen LogP contribution in [0.4, 0.5) is 5.69 Å². The van der Waals surface area contributed by atoms with Crippen molar-refractivity contribution in [3.63, 3.8) is 0 Å². The quantitative estimate of drug-likeness (QED) is 0.465. The highest BCUT2D eigenvalue weighted by molar-refractivity contribution is 6.09. The van der Waals surface area contributed by atoms with Crippen LogP contribution in [0.5, 0.6) is 0 Å². The van der Waals surface area contributed by atoms with Crippen LogP contribution in [0.15, 0.2) is 89.3 Å². The van der Waals surface area contributed by atoms with E-state index in [4.69, 9.17) is 4.42 Å². The van der Waals surface area contributed by atoms with Gasteiger partial charge >= 0.3 is 0 Å². The van der Waals surface area contributed by atoms with E-state index in [-0.39, 0.29) is 17.9 Å². The molecule has 0 radical (unpaired) electrons. The first-order valence-electron chi connectivity index (χ1n) is 11.5. The summed E-state index contributed by atoms with van der Waals surface area (Å²) >= 11 is 0. The van der Waals surface area contributed by atoms with Crippen molar-refractivity contribution in [3.8, 4) is 0 Å². The Morgan fingerprint density at radius 1 is 0.824 bits per heavy atom. The molecule has 0 bridgehead atoms. The minimum atomic E-state index is -0.200. The number of carbonyl (C=O) groups excluding carboxylic acids is 2. The van der Waals surface area contributed by atoms with E-state index in [9.17, 15) is 9.59 Å². The maximum absolute atomic E-state index is 13.2. The molecule has 0 spiro atoms. The van der Waals surface area contributed by atoms with Gasteiger partial charge < -0.3 is 14.6 Å². The lowest BCUT2D eigenvalue weighted by Crippen LogP contribution is -2.49. The normalized spacial score (nSPS) is 15.3. The van der Waals surface area contributed by atoms with Crippen molar-refractivity contribution in [2.24, 2.45) is 0 Å². The number of furan rings is 1. The number of hydrogen-bond acceptors (Lipinski definition) is 4. The predicted molar refractivity (Wildman–Crippen MR) is 133 cm³/mol. The summed E-state index contributed by atoms with van der Waals surface area (Å²) < 4.78 is 6.44. The van der Waals surface area contributed by atoms with Gasteiger partial charge in [-0.2, -0.15) is 0 Å². The molecule has 172 valence electrons. The molecule has 0 saturated carbocycles. The molecule has 34 heavy (non-hydrogen) atoms. The standard InChI is InChI=1S/C28H27N3O3/c1-20(32)30-16-18-31(19-17-30)26(21-10-4-2-5-11-21)27-25(23-14-8-9-15-24(23)34-27)29-28(33)22-12-6-3-7-13-22/h2-15,26H,16-19H2,1H3,(H,29,33)/t26-/m0/s1. The monoisotopic (exact) mass is 453 g/mol. The zero-order chi connectivity index (χ0) is 23.5. The minimum Gasteiger partial charge on any atom is -0.457 e. The van der Waals surface area contributed by atoms with Crippen LogP contribution in [0.1, 0.15) is 34.6 Å². The average molecular weight is 454 g/mol. The molecule has 1 fully saturated rings. The molecule has 6 heteroatoms. The maximum Gasteiger partial charge on any atom is 0.255 e. The molecule has 1 aliphatic heterocycles. The van der Waals surface area contributed by atoms with Crippen molar-refractivity contribution >= 4 is 28.5 Å². The van der Waals surface area contributed by atoms with Crippen LogP contribution in [0, 0.1) is 0 Å². The Morgan fingerprint density at radius 3 is 2.12 bits per heavy atom. The van der Waals surface area contributed by atoms with Gasteiger partial charge in [-0.15, -0.1) is 0 Å². The number of benzene rings is 3. The van der Waals surface area contributed by atoms with E-state index in [1.54, 1.807) is 19.1 Å². The van der Waals surface area contributed by atoms with Crippen molar-refractivity contribution in [3.05, 3.63) is 102 Å². The number of nitrogens with zero attached hydrogens (tertiary/aromatic N) is 2. The summed E-state index contributed by atoms with van der Waals surface area (Å²) in [7, 11) is 0. The highest BCUT2D eigenvalue weighted by Crippen LogP contribution is 2.40. The largest absolute Gasteiger partial charge is 0.457 e. The van der Waals surface area contributed by atoms with E-state index in [2.05, 4.69) is 22.3 Å². The number of hydrogen-bond donors (Lipinski definition) is 1. The van der Waals surface area contributed by atoms with Gasteiger partial charge in [-0.1, -0.05) is 60.7 Å². The smallest absolute Gasteiger partial charge is 0.255 e. The molecule has 1 N–H and O–H groups in total. The van der Waals surface area contributed by atoms with Crippen LogP contribution in [0.3, 0.4) is 0 Å². The summed E-state index contributed by atoms with van der Waals surface area (Å²) in [6.45, 7) is 4.35. The Labute approximate surface area is 198 Å². The Bertz CT molecular complexity index is 1290. The van der Waals surface area contributed by atoms with Gasteiger partial charge in [0.25, 0.3) is 5.91 Å². The number of anilines is 1. The van der Waals surface area contributed by atoms with Gasteiger partial charge in [0.15, 0.2) is 0 Å². The SMILES string of the molecule is CC(=O)N1CCN([C@@H](c2ccccc2)c2oc3ccccc3c2NC(=O)c2ccccc2)CC1. The fourth-order valence-electron chi connectivity index (χ4n) is 4.62. The summed E-state index contributed by atoms with van der Waals surface area (Å²) in [6.07, 6.45) is 0. The molecule has 5 rings (SSSR count). The summed E-state index contributed by atoms with van der Waals surface area (Å²) in [5.74, 6) is 0.616. The first-order valence-corrected chi connectivity index (χ1v) is 11.5. The van der Waals surface area contributed by atoms with Crippen LogP contribution in [-0.4, -0.2) is 47.8 Å². The molecule has 4 aromatic rings. The van der Waals surface area contributed by atoms with Crippen molar-refractivity contribution in [1.82, 2.24) is 9.80 Å². The van der Waals surface area contributed by atoms with Crippen LogP contribution >= 0.6 is 0 Å². The number of rotatable bonds is 5. The first kappa shape index (κ1) is 21.9. The molecule has 2 heterocycles. The zero-order valence-electron chi connectivity index (χ0n) is 19.1. The summed E-state index contributed by atoms with van der Waals surface area (Å²) in [6, 6.07) is 26.9. The number of nitrogens with one attached hydrogen (secondary N) is 1. The lowest BCUT2D eigenvalue weighted by Gasteiger charge is -2.38. The summed E-state index contributed by atoms with van der Waals surface area (Å²) in [4.78, 5) is 29.2. The van der Waals surface area contributed by atoms with E-state index in [0.29, 0.717) is 43.2 Å². The van der Waals surface area contributed by atoms with Gasteiger partial charge in [0, 0.05) is 44.1 Å². The van der Waals surface area contributed by atoms with E-state index >= 15 is 0 Å². The molecular weight excluding hydrogens is 426 g/mol. The third-order valence-corrected chi connectivity index (χ3v) is 6.39. The van der Waals surface area contributed by atoms with Gasteiger partial charge in [0.1, 0.15) is 11.3 Å². The van der Waals surface area contributed by atoms with Crippen LogP contribution in [0.2, 0.25) is 0 Å². The van der Waals surface area contributed by atoms with E-state index in [1.807, 2.05) is 65.6 Å². The van der Waals surface area contributed by atoms with E-state index in [0.717, 1.165) is 16.5 Å². The maximum atomic E-state index is 13.2. The predicted octanol–water partition coefficient (Wildman–Crippen LogP) is 4.94. The minimum absolute atomic E-state index is 0.0930. The fourth-order valence-corrected chi connectivity index (χ4v) is 4.62. The molecule has 0 aliphatic carbocycles. The Balaban J connectivity index is 1.58. The number of fused-ring (bicyclic) bond motifs is 1. The Kier molecular flexibility index (Phi) is 6.14. The van der Waals surface area contributed by atoms with Gasteiger partial charge in [-0.3, -0.25) is 14.5 Å². The van der Waals surface area contributed by atoms with Crippen molar-refractivity contribution < 1.29 is 14.0 Å². The summed E-state index contributed by atoms with van der Waals surface area (Å²) in [5.41, 5.74) is 3.08. The topological polar surface area (TPSA) is 65.8 Å². The molecule has 2 amide bonds. The zero-order valence-corrected chi connectivity index (χ0v) is 19.1. The third-order valence-electron chi connectivity index (χ3n) is 6.39. The molecule has 0 unspecified atom stereocenters. The number of carbonyl (C=O) groups is 2. The molecule has 1 atom stereocenters. The van der Waals surface area contributed by atoms with Crippen LogP contribution < -0.4 is 5.32 Å². The van der Waals surface area contributed by atoms with Crippen molar-refractivity contribution in [2.75, 3.05) is 31.5 Å². The van der Waals surface area contributed by atoms with Gasteiger partial charge in [0.05, 0.1) is 11.7 Å². The lowest BCUT2D eigenvalue weighted by atomic mass is 10.00. The molecule has 1 aromatic heterocycles. The molecule has 1 aliphatic rings. The second kappa shape index (κ2) is 9.53. The molecule has 3 aromatic carbocycles. The highest BCUT2D eigenvalue weighted by atomic mass is 16.3. The molecule has 6 nitrogen and oxygen atoms in total. The fraction of sp³-hybridized carbons (Fsp3) is 0.214. The van der Waals surface area contributed by atoms with Crippen molar-refractivity contribution in [2.45, 2.75) is 13.0 Å². The third kappa shape index (κ3) is 4.32. The Hall–Kier alpha value is -3.90. The number of amides is 2. The van der Waals surface area contributed by atoms with Crippen molar-refractivity contribution in [1.29, 1.82) is 0 Å². The highest BCUT2D eigenvalue weighted by Gasteiger charge is 2.32. The van der Waals surface area contributed by atoms with E-state index in [1.165, 1.54) is 0 Å².